The SMILES string of the molecule is CNC1CCC(OCc2cccc([N+](=O)[O-])c2F)CC1. The van der Waals surface area contributed by atoms with E-state index in [-0.39, 0.29) is 18.3 Å². The van der Waals surface area contributed by atoms with Crippen LogP contribution in [0.4, 0.5) is 10.1 Å². The minimum atomic E-state index is -0.790. The molecule has 1 aromatic rings. The summed E-state index contributed by atoms with van der Waals surface area (Å²) in [6, 6.07) is 4.71. The summed E-state index contributed by atoms with van der Waals surface area (Å²) in [6.07, 6.45) is 4.06. The van der Waals surface area contributed by atoms with Crippen LogP contribution < -0.4 is 5.32 Å². The van der Waals surface area contributed by atoms with Crippen molar-refractivity contribution in [3.63, 3.8) is 0 Å². The number of ether oxygens (including phenoxy) is 1. The highest BCUT2D eigenvalue weighted by Crippen LogP contribution is 2.24. The van der Waals surface area contributed by atoms with Crippen molar-refractivity contribution in [3.05, 3.63) is 39.7 Å². The second kappa shape index (κ2) is 6.76. The Balaban J connectivity index is 1.92. The Hall–Kier alpha value is -1.53. The van der Waals surface area contributed by atoms with Gasteiger partial charge in [0.05, 0.1) is 17.6 Å². The zero-order valence-electron chi connectivity index (χ0n) is 11.5. The molecule has 0 saturated heterocycles. The third-order valence-corrected chi connectivity index (χ3v) is 3.81. The van der Waals surface area contributed by atoms with Crippen molar-refractivity contribution < 1.29 is 14.1 Å². The maximum atomic E-state index is 13.9. The van der Waals surface area contributed by atoms with Crippen molar-refractivity contribution in [2.45, 2.75) is 44.4 Å². The number of hydrogen-bond donors (Lipinski definition) is 1. The standard InChI is InChI=1S/C14H19FN2O3/c1-16-11-5-7-12(8-6-11)20-9-10-3-2-4-13(14(10)15)17(18)19/h2-4,11-12,16H,5-9H2,1H3. The lowest BCUT2D eigenvalue weighted by atomic mass is 9.93. The van der Waals surface area contributed by atoms with E-state index in [9.17, 15) is 14.5 Å². The topological polar surface area (TPSA) is 64.4 Å². The van der Waals surface area contributed by atoms with Crippen LogP contribution in [0.1, 0.15) is 31.2 Å². The van der Waals surface area contributed by atoms with Crippen molar-refractivity contribution in [2.75, 3.05) is 7.05 Å². The molecule has 2 rings (SSSR count). The van der Waals surface area contributed by atoms with E-state index >= 15 is 0 Å². The van der Waals surface area contributed by atoms with Crippen molar-refractivity contribution in [2.24, 2.45) is 0 Å². The Bertz CT molecular complexity index is 473. The fraction of sp³-hybridized carbons (Fsp3) is 0.571. The Morgan fingerprint density at radius 2 is 2.10 bits per heavy atom. The monoisotopic (exact) mass is 282 g/mol. The average Bonchev–Trinajstić information content (AvgIpc) is 2.46. The summed E-state index contributed by atoms with van der Waals surface area (Å²) < 4.78 is 19.5. The van der Waals surface area contributed by atoms with E-state index in [1.807, 2.05) is 7.05 Å². The Morgan fingerprint density at radius 1 is 1.40 bits per heavy atom. The number of hydrogen-bond acceptors (Lipinski definition) is 4. The van der Waals surface area contributed by atoms with Crippen LogP contribution in [-0.4, -0.2) is 24.1 Å². The molecule has 0 amide bonds. The third-order valence-electron chi connectivity index (χ3n) is 3.81. The Kier molecular flexibility index (Phi) is 5.03. The van der Waals surface area contributed by atoms with E-state index in [0.717, 1.165) is 31.7 Å². The molecule has 1 saturated carbocycles. The minimum absolute atomic E-state index is 0.0857. The van der Waals surface area contributed by atoms with Gasteiger partial charge in [0.15, 0.2) is 0 Å². The largest absolute Gasteiger partial charge is 0.373 e. The maximum absolute atomic E-state index is 13.9. The molecule has 5 nitrogen and oxygen atoms in total. The van der Waals surface area contributed by atoms with Gasteiger partial charge in [0.25, 0.3) is 0 Å². The molecule has 0 aromatic heterocycles. The fourth-order valence-electron chi connectivity index (χ4n) is 2.54. The highest BCUT2D eigenvalue weighted by Gasteiger charge is 2.22. The van der Waals surface area contributed by atoms with Gasteiger partial charge in [-0.05, 0) is 32.7 Å². The normalized spacial score (nSPS) is 22.7. The van der Waals surface area contributed by atoms with Gasteiger partial charge in [-0.3, -0.25) is 10.1 Å². The zero-order valence-corrected chi connectivity index (χ0v) is 11.5. The van der Waals surface area contributed by atoms with Gasteiger partial charge in [-0.1, -0.05) is 12.1 Å². The summed E-state index contributed by atoms with van der Waals surface area (Å²) in [6.45, 7) is 0.0857. The van der Waals surface area contributed by atoms with Crippen molar-refractivity contribution in [1.29, 1.82) is 0 Å². The van der Waals surface area contributed by atoms with Crippen LogP contribution in [-0.2, 0) is 11.3 Å². The molecule has 1 aliphatic carbocycles. The van der Waals surface area contributed by atoms with Crippen LogP contribution in [0.15, 0.2) is 18.2 Å². The van der Waals surface area contributed by atoms with Crippen LogP contribution >= 0.6 is 0 Å². The van der Waals surface area contributed by atoms with Gasteiger partial charge < -0.3 is 10.1 Å². The summed E-state index contributed by atoms with van der Waals surface area (Å²) in [7, 11) is 1.95. The van der Waals surface area contributed by atoms with E-state index in [1.165, 1.54) is 12.1 Å². The van der Waals surface area contributed by atoms with E-state index in [0.29, 0.717) is 6.04 Å². The van der Waals surface area contributed by atoms with Crippen LogP contribution in [0.2, 0.25) is 0 Å². The summed E-state index contributed by atoms with van der Waals surface area (Å²) in [5.41, 5.74) is -0.250. The first kappa shape index (κ1) is 14.9. The van der Waals surface area contributed by atoms with E-state index in [2.05, 4.69) is 5.32 Å². The molecule has 0 unspecified atom stereocenters. The van der Waals surface area contributed by atoms with Gasteiger partial charge >= 0.3 is 5.69 Å². The molecule has 0 atom stereocenters. The molecule has 0 heterocycles. The van der Waals surface area contributed by atoms with Gasteiger partial charge in [0.1, 0.15) is 0 Å². The van der Waals surface area contributed by atoms with Gasteiger partial charge in [-0.2, -0.15) is 4.39 Å². The number of nitrogens with zero attached hydrogens (tertiary/aromatic N) is 1. The first-order chi connectivity index (χ1) is 9.61. The smallest absolute Gasteiger partial charge is 0.305 e. The quantitative estimate of drug-likeness (QED) is 0.666. The molecule has 20 heavy (non-hydrogen) atoms. The Labute approximate surface area is 117 Å². The number of halogens is 1. The maximum Gasteiger partial charge on any atom is 0.305 e. The molecule has 6 heteroatoms. The van der Waals surface area contributed by atoms with Gasteiger partial charge in [-0.25, -0.2) is 0 Å². The molecule has 1 aromatic carbocycles. The van der Waals surface area contributed by atoms with Crippen molar-refractivity contribution in [1.82, 2.24) is 5.32 Å². The molecule has 1 fully saturated rings. The number of nitro benzene ring substituents is 1. The lowest BCUT2D eigenvalue weighted by Crippen LogP contribution is -2.32. The first-order valence-electron chi connectivity index (χ1n) is 6.82. The van der Waals surface area contributed by atoms with Gasteiger partial charge in [0.2, 0.25) is 5.82 Å². The average molecular weight is 282 g/mol. The lowest BCUT2D eigenvalue weighted by molar-refractivity contribution is -0.387. The van der Waals surface area contributed by atoms with Crippen LogP contribution in [0, 0.1) is 15.9 Å². The van der Waals surface area contributed by atoms with Gasteiger partial charge in [0, 0.05) is 17.7 Å². The number of nitrogens with one attached hydrogen (secondary N) is 1. The molecule has 0 radical (unpaired) electrons. The molecule has 1 N–H and O–H groups in total. The zero-order chi connectivity index (χ0) is 14.5. The predicted molar refractivity (Wildman–Crippen MR) is 72.9 cm³/mol. The molecule has 110 valence electrons. The lowest BCUT2D eigenvalue weighted by Gasteiger charge is -2.28. The van der Waals surface area contributed by atoms with E-state index < -0.39 is 16.4 Å². The molecule has 0 spiro atoms. The third kappa shape index (κ3) is 3.52. The number of nitro groups is 1. The van der Waals surface area contributed by atoms with E-state index in [1.54, 1.807) is 0 Å². The molecular formula is C14H19FN2O3. The minimum Gasteiger partial charge on any atom is -0.373 e. The summed E-state index contributed by atoms with van der Waals surface area (Å²) in [5, 5.41) is 13.9. The van der Waals surface area contributed by atoms with Crippen LogP contribution in [0.3, 0.4) is 0 Å². The second-order valence-corrected chi connectivity index (χ2v) is 5.08. The Morgan fingerprint density at radius 3 is 2.70 bits per heavy atom. The number of benzene rings is 1. The molecule has 0 bridgehead atoms. The number of rotatable bonds is 5. The second-order valence-electron chi connectivity index (χ2n) is 5.08. The molecular weight excluding hydrogens is 263 g/mol. The van der Waals surface area contributed by atoms with Gasteiger partial charge in [-0.15, -0.1) is 0 Å². The molecule has 0 aliphatic heterocycles. The van der Waals surface area contributed by atoms with Crippen LogP contribution in [0.5, 0.6) is 0 Å². The summed E-state index contributed by atoms with van der Waals surface area (Å²) in [5.74, 6) is -0.790. The summed E-state index contributed by atoms with van der Waals surface area (Å²) >= 11 is 0. The van der Waals surface area contributed by atoms with Crippen molar-refractivity contribution >= 4 is 5.69 Å². The highest BCUT2D eigenvalue weighted by atomic mass is 19.1. The fourth-order valence-corrected chi connectivity index (χ4v) is 2.54. The predicted octanol–water partition coefficient (Wildman–Crippen LogP) is 2.78. The van der Waals surface area contributed by atoms with Crippen molar-refractivity contribution in [3.8, 4) is 0 Å². The molecule has 1 aliphatic rings. The first-order valence-corrected chi connectivity index (χ1v) is 6.82. The summed E-state index contributed by atoms with van der Waals surface area (Å²) in [4.78, 5) is 9.96. The van der Waals surface area contributed by atoms with Crippen LogP contribution in [0.25, 0.3) is 0 Å². The highest BCUT2D eigenvalue weighted by molar-refractivity contribution is 5.36. The van der Waals surface area contributed by atoms with E-state index in [4.69, 9.17) is 4.74 Å².